The minimum atomic E-state index is -0.216. The Morgan fingerprint density at radius 1 is 1.10 bits per heavy atom. The smallest absolute Gasteiger partial charge is 0.256 e. The van der Waals surface area contributed by atoms with Crippen LogP contribution in [0.25, 0.3) is 5.69 Å². The lowest BCUT2D eigenvalue weighted by atomic mass is 10.2. The Labute approximate surface area is 114 Å². The topological polar surface area (TPSA) is 85.6 Å². The molecule has 0 radical (unpaired) electrons. The molecule has 7 heteroatoms. The molecule has 7 nitrogen and oxygen atoms in total. The highest BCUT2D eigenvalue weighted by atomic mass is 16.1. The average Bonchev–Trinajstić information content (AvgIpc) is 3.03. The van der Waals surface area contributed by atoms with Crippen molar-refractivity contribution in [3.05, 3.63) is 60.6 Å². The van der Waals surface area contributed by atoms with E-state index < -0.39 is 0 Å². The van der Waals surface area contributed by atoms with Gasteiger partial charge in [0.2, 0.25) is 0 Å². The number of carbonyl (C=O) groups excluding carboxylic acids is 1. The van der Waals surface area contributed by atoms with Crippen LogP contribution in [0.5, 0.6) is 0 Å². The Hall–Kier alpha value is -3.09. The fraction of sp³-hybridized carbons (Fsp3) is 0. The third-order valence-corrected chi connectivity index (χ3v) is 2.65. The van der Waals surface area contributed by atoms with Gasteiger partial charge in [-0.3, -0.25) is 4.79 Å². The first-order valence-corrected chi connectivity index (χ1v) is 5.89. The number of benzene rings is 1. The maximum Gasteiger partial charge on any atom is 0.256 e. The molecule has 1 amide bonds. The number of rotatable bonds is 3. The van der Waals surface area contributed by atoms with Crippen molar-refractivity contribution in [2.75, 3.05) is 5.32 Å². The average molecular weight is 266 g/mol. The van der Waals surface area contributed by atoms with Gasteiger partial charge in [-0.1, -0.05) is 6.07 Å². The van der Waals surface area contributed by atoms with Gasteiger partial charge >= 0.3 is 0 Å². The standard InChI is InChI=1S/C13H10N6O/c20-13(16-12-3-1-2-8-14-12)10-4-6-11(7-5-10)19-9-15-17-18-19/h1-9H,(H,14,16,20). The van der Waals surface area contributed by atoms with E-state index in [1.807, 2.05) is 6.07 Å². The van der Waals surface area contributed by atoms with Crippen LogP contribution in [-0.4, -0.2) is 31.1 Å². The van der Waals surface area contributed by atoms with Crippen molar-refractivity contribution in [1.29, 1.82) is 0 Å². The SMILES string of the molecule is O=C(Nc1ccccn1)c1ccc(-n2cnnn2)cc1. The van der Waals surface area contributed by atoms with Crippen molar-refractivity contribution in [2.24, 2.45) is 0 Å². The molecule has 1 N–H and O–H groups in total. The van der Waals surface area contributed by atoms with Crippen LogP contribution in [0.4, 0.5) is 5.82 Å². The summed E-state index contributed by atoms with van der Waals surface area (Å²) in [6.45, 7) is 0. The summed E-state index contributed by atoms with van der Waals surface area (Å²) in [5.74, 6) is 0.300. The number of carbonyl (C=O) groups is 1. The van der Waals surface area contributed by atoms with Crippen LogP contribution in [-0.2, 0) is 0 Å². The van der Waals surface area contributed by atoms with Gasteiger partial charge in [0, 0.05) is 11.8 Å². The van der Waals surface area contributed by atoms with Gasteiger partial charge in [-0.05, 0) is 46.8 Å². The first kappa shape index (κ1) is 12.0. The summed E-state index contributed by atoms with van der Waals surface area (Å²) in [5, 5.41) is 13.6. The normalized spacial score (nSPS) is 10.2. The Kier molecular flexibility index (Phi) is 3.15. The monoisotopic (exact) mass is 266 g/mol. The van der Waals surface area contributed by atoms with E-state index >= 15 is 0 Å². The molecule has 0 bridgehead atoms. The van der Waals surface area contributed by atoms with Crippen LogP contribution in [0.3, 0.4) is 0 Å². The second-order valence-electron chi connectivity index (χ2n) is 3.97. The predicted octanol–water partition coefficient (Wildman–Crippen LogP) is 1.31. The molecule has 20 heavy (non-hydrogen) atoms. The fourth-order valence-electron chi connectivity index (χ4n) is 1.67. The van der Waals surface area contributed by atoms with Crippen molar-refractivity contribution in [3.63, 3.8) is 0 Å². The van der Waals surface area contributed by atoms with Gasteiger partial charge in [0.05, 0.1) is 5.69 Å². The lowest BCUT2D eigenvalue weighted by Gasteiger charge is -2.05. The predicted molar refractivity (Wildman–Crippen MR) is 71.3 cm³/mol. The van der Waals surface area contributed by atoms with Crippen molar-refractivity contribution in [3.8, 4) is 5.69 Å². The largest absolute Gasteiger partial charge is 0.307 e. The summed E-state index contributed by atoms with van der Waals surface area (Å²) in [7, 11) is 0. The highest BCUT2D eigenvalue weighted by Crippen LogP contribution is 2.10. The maximum absolute atomic E-state index is 12.0. The molecule has 0 unspecified atom stereocenters. The number of anilines is 1. The molecule has 0 aliphatic carbocycles. The van der Waals surface area contributed by atoms with Crippen molar-refractivity contribution in [1.82, 2.24) is 25.2 Å². The molecule has 0 aliphatic heterocycles. The molecule has 98 valence electrons. The maximum atomic E-state index is 12.0. The van der Waals surface area contributed by atoms with E-state index in [0.29, 0.717) is 11.4 Å². The molecule has 2 aromatic heterocycles. The molecule has 0 aliphatic rings. The van der Waals surface area contributed by atoms with Crippen LogP contribution in [0, 0.1) is 0 Å². The second-order valence-corrected chi connectivity index (χ2v) is 3.97. The van der Waals surface area contributed by atoms with Crippen LogP contribution in [0.15, 0.2) is 55.0 Å². The summed E-state index contributed by atoms with van der Waals surface area (Å²) in [6, 6.07) is 12.3. The van der Waals surface area contributed by atoms with Gasteiger partial charge in [0.15, 0.2) is 0 Å². The van der Waals surface area contributed by atoms with Crippen LogP contribution >= 0.6 is 0 Å². The zero-order valence-electron chi connectivity index (χ0n) is 10.3. The highest BCUT2D eigenvalue weighted by Gasteiger charge is 2.07. The number of aromatic nitrogens is 5. The summed E-state index contributed by atoms with van der Waals surface area (Å²) < 4.78 is 1.51. The molecular formula is C13H10N6O. The lowest BCUT2D eigenvalue weighted by Crippen LogP contribution is -2.12. The van der Waals surface area contributed by atoms with E-state index in [1.165, 1.54) is 11.0 Å². The Balaban J connectivity index is 1.76. The third kappa shape index (κ3) is 2.51. The Morgan fingerprint density at radius 3 is 2.60 bits per heavy atom. The van der Waals surface area contributed by atoms with E-state index in [0.717, 1.165) is 5.69 Å². The van der Waals surface area contributed by atoms with Crippen molar-refractivity contribution >= 4 is 11.7 Å². The molecule has 1 aromatic carbocycles. The number of hydrogen-bond donors (Lipinski definition) is 1. The number of nitrogens with one attached hydrogen (secondary N) is 1. The lowest BCUT2D eigenvalue weighted by molar-refractivity contribution is 0.102. The van der Waals surface area contributed by atoms with E-state index in [2.05, 4.69) is 25.8 Å². The summed E-state index contributed by atoms with van der Waals surface area (Å²) in [4.78, 5) is 16.1. The van der Waals surface area contributed by atoms with Crippen LogP contribution in [0.2, 0.25) is 0 Å². The zero-order valence-corrected chi connectivity index (χ0v) is 10.3. The zero-order chi connectivity index (χ0) is 13.8. The molecule has 0 fully saturated rings. The van der Waals surface area contributed by atoms with Gasteiger partial charge in [0.25, 0.3) is 5.91 Å². The Bertz CT molecular complexity index is 693. The molecule has 0 saturated carbocycles. The number of hydrogen-bond acceptors (Lipinski definition) is 5. The second kappa shape index (κ2) is 5.27. The minimum Gasteiger partial charge on any atom is -0.307 e. The van der Waals surface area contributed by atoms with Crippen LogP contribution in [0.1, 0.15) is 10.4 Å². The van der Waals surface area contributed by atoms with Gasteiger partial charge in [-0.15, -0.1) is 5.10 Å². The van der Waals surface area contributed by atoms with Gasteiger partial charge < -0.3 is 5.32 Å². The van der Waals surface area contributed by atoms with Crippen LogP contribution < -0.4 is 5.32 Å². The molecule has 0 atom stereocenters. The van der Waals surface area contributed by atoms with Crippen molar-refractivity contribution in [2.45, 2.75) is 0 Å². The van der Waals surface area contributed by atoms with Gasteiger partial charge in [-0.2, -0.15) is 0 Å². The first-order chi connectivity index (χ1) is 9.83. The Morgan fingerprint density at radius 2 is 1.95 bits per heavy atom. The third-order valence-electron chi connectivity index (χ3n) is 2.65. The minimum absolute atomic E-state index is 0.216. The van der Waals surface area contributed by atoms with E-state index in [9.17, 15) is 4.79 Å². The van der Waals surface area contributed by atoms with E-state index in [4.69, 9.17) is 0 Å². The number of nitrogens with zero attached hydrogens (tertiary/aromatic N) is 5. The number of pyridine rings is 1. The first-order valence-electron chi connectivity index (χ1n) is 5.89. The molecule has 3 rings (SSSR count). The fourth-order valence-corrected chi connectivity index (χ4v) is 1.67. The number of tetrazole rings is 1. The summed E-state index contributed by atoms with van der Waals surface area (Å²) >= 11 is 0. The summed E-state index contributed by atoms with van der Waals surface area (Å²) in [5.41, 5.74) is 1.32. The highest BCUT2D eigenvalue weighted by molar-refractivity contribution is 6.03. The molecule has 3 aromatic rings. The molecule has 0 saturated heterocycles. The molecule has 0 spiro atoms. The van der Waals surface area contributed by atoms with E-state index in [-0.39, 0.29) is 5.91 Å². The molecule has 2 heterocycles. The van der Waals surface area contributed by atoms with Gasteiger partial charge in [0.1, 0.15) is 12.1 Å². The van der Waals surface area contributed by atoms with Crippen molar-refractivity contribution < 1.29 is 4.79 Å². The van der Waals surface area contributed by atoms with E-state index in [1.54, 1.807) is 42.6 Å². The number of amides is 1. The van der Waals surface area contributed by atoms with Gasteiger partial charge in [-0.25, -0.2) is 9.67 Å². The summed E-state index contributed by atoms with van der Waals surface area (Å²) in [6.07, 6.45) is 3.11. The quantitative estimate of drug-likeness (QED) is 0.772. The molecular weight excluding hydrogens is 256 g/mol.